The molecule has 0 aliphatic carbocycles. The van der Waals surface area contributed by atoms with Crippen LogP contribution in [0.2, 0.25) is 0 Å². The van der Waals surface area contributed by atoms with Gasteiger partial charge in [0.15, 0.2) is 0 Å². The largest absolute Gasteiger partial charge is 0.493 e. The molecule has 4 heteroatoms. The average Bonchev–Trinajstić information content (AvgIpc) is 2.57. The van der Waals surface area contributed by atoms with Gasteiger partial charge in [-0.1, -0.05) is 25.1 Å². The third kappa shape index (κ3) is 5.35. The van der Waals surface area contributed by atoms with Gasteiger partial charge >= 0.3 is 0 Å². The fourth-order valence-electron chi connectivity index (χ4n) is 2.14. The lowest BCUT2D eigenvalue weighted by Gasteiger charge is -2.09. The fraction of sp³-hybridized carbons (Fsp3) is 0.389. The smallest absolute Gasteiger partial charge is 0.119 e. The highest BCUT2D eigenvalue weighted by molar-refractivity contribution is 7.81. The van der Waals surface area contributed by atoms with Crippen molar-refractivity contribution in [2.45, 2.75) is 31.4 Å². The molecule has 1 N–H and O–H groups in total. The highest BCUT2D eigenvalue weighted by atomic mass is 32.1. The molecule has 2 rings (SSSR count). The normalized spacial score (nSPS) is 12.1. The SMILES string of the molecule is CCc1ccc(CCOc2ccc(CC(S)CO)cc2)nc1. The summed E-state index contributed by atoms with van der Waals surface area (Å²) in [5.74, 6) is 0.855. The van der Waals surface area contributed by atoms with E-state index >= 15 is 0 Å². The van der Waals surface area contributed by atoms with Gasteiger partial charge in [-0.05, 0) is 42.2 Å². The Morgan fingerprint density at radius 1 is 1.14 bits per heavy atom. The van der Waals surface area contributed by atoms with E-state index in [-0.39, 0.29) is 11.9 Å². The van der Waals surface area contributed by atoms with Crippen molar-refractivity contribution < 1.29 is 9.84 Å². The molecule has 0 radical (unpaired) electrons. The zero-order valence-electron chi connectivity index (χ0n) is 12.9. The number of hydrogen-bond donors (Lipinski definition) is 2. The Morgan fingerprint density at radius 2 is 1.86 bits per heavy atom. The van der Waals surface area contributed by atoms with Gasteiger partial charge in [0.25, 0.3) is 0 Å². The van der Waals surface area contributed by atoms with E-state index in [1.54, 1.807) is 0 Å². The van der Waals surface area contributed by atoms with Crippen molar-refractivity contribution >= 4 is 12.6 Å². The van der Waals surface area contributed by atoms with Crippen molar-refractivity contribution in [3.63, 3.8) is 0 Å². The number of aromatic nitrogens is 1. The number of pyridine rings is 1. The fourth-order valence-corrected chi connectivity index (χ4v) is 2.35. The zero-order valence-corrected chi connectivity index (χ0v) is 13.8. The Kier molecular flexibility index (Phi) is 6.74. The van der Waals surface area contributed by atoms with Gasteiger partial charge in [0, 0.05) is 23.6 Å². The van der Waals surface area contributed by atoms with Crippen LogP contribution in [0.4, 0.5) is 0 Å². The molecule has 0 saturated heterocycles. The number of aliphatic hydroxyl groups excluding tert-OH is 1. The van der Waals surface area contributed by atoms with Crippen LogP contribution in [-0.2, 0) is 19.3 Å². The quantitative estimate of drug-likeness (QED) is 0.735. The number of rotatable bonds is 8. The van der Waals surface area contributed by atoms with Gasteiger partial charge in [-0.15, -0.1) is 0 Å². The number of aryl methyl sites for hydroxylation is 1. The van der Waals surface area contributed by atoms with Gasteiger partial charge < -0.3 is 9.84 Å². The molecule has 118 valence electrons. The minimum absolute atomic E-state index is 0.0102. The van der Waals surface area contributed by atoms with E-state index < -0.39 is 0 Å². The van der Waals surface area contributed by atoms with Crippen LogP contribution in [0, 0.1) is 0 Å². The van der Waals surface area contributed by atoms with Crippen molar-refractivity contribution in [3.8, 4) is 5.75 Å². The number of nitrogens with zero attached hydrogens (tertiary/aromatic N) is 1. The number of benzene rings is 1. The first-order valence-corrected chi connectivity index (χ1v) is 8.17. The summed E-state index contributed by atoms with van der Waals surface area (Å²) in [5.41, 5.74) is 3.46. The van der Waals surface area contributed by atoms with E-state index in [1.165, 1.54) is 5.56 Å². The minimum Gasteiger partial charge on any atom is -0.493 e. The van der Waals surface area contributed by atoms with Crippen molar-refractivity contribution in [2.75, 3.05) is 13.2 Å². The van der Waals surface area contributed by atoms with Gasteiger partial charge in [-0.3, -0.25) is 4.98 Å². The number of hydrogen-bond acceptors (Lipinski definition) is 4. The first-order valence-electron chi connectivity index (χ1n) is 7.65. The molecule has 1 atom stereocenters. The van der Waals surface area contributed by atoms with Gasteiger partial charge in [0.05, 0.1) is 13.2 Å². The predicted molar refractivity (Wildman–Crippen MR) is 92.8 cm³/mol. The Bertz CT molecular complexity index is 554. The first-order chi connectivity index (χ1) is 10.7. The summed E-state index contributed by atoms with van der Waals surface area (Å²) in [4.78, 5) is 4.42. The summed E-state index contributed by atoms with van der Waals surface area (Å²) in [6, 6.07) is 12.1. The molecule has 1 heterocycles. The molecule has 0 fully saturated rings. The van der Waals surface area contributed by atoms with Gasteiger partial charge in [0.1, 0.15) is 5.75 Å². The lowest BCUT2D eigenvalue weighted by Crippen LogP contribution is -2.08. The maximum Gasteiger partial charge on any atom is 0.119 e. The summed E-state index contributed by atoms with van der Waals surface area (Å²) < 4.78 is 5.74. The Balaban J connectivity index is 1.78. The number of thiol groups is 1. The maximum atomic E-state index is 9.00. The molecule has 0 amide bonds. The summed E-state index contributed by atoms with van der Waals surface area (Å²) in [5, 5.41) is 8.99. The number of ether oxygens (including phenoxy) is 1. The Hall–Kier alpha value is -1.52. The second kappa shape index (κ2) is 8.81. The summed E-state index contributed by atoms with van der Waals surface area (Å²) in [6.45, 7) is 2.83. The predicted octanol–water partition coefficient (Wildman–Crippen LogP) is 3.10. The molecule has 1 aromatic heterocycles. The van der Waals surface area contributed by atoms with Crippen molar-refractivity contribution in [2.24, 2.45) is 0 Å². The molecule has 0 aliphatic rings. The summed E-state index contributed by atoms with van der Waals surface area (Å²) >= 11 is 4.29. The van der Waals surface area contributed by atoms with Crippen LogP contribution >= 0.6 is 12.6 Å². The van der Waals surface area contributed by atoms with Gasteiger partial charge in [-0.2, -0.15) is 12.6 Å². The molecular weight excluding hydrogens is 294 g/mol. The highest BCUT2D eigenvalue weighted by Gasteiger charge is 2.03. The van der Waals surface area contributed by atoms with Crippen molar-refractivity contribution in [1.29, 1.82) is 0 Å². The van der Waals surface area contributed by atoms with Crippen LogP contribution in [-0.4, -0.2) is 28.6 Å². The molecule has 0 aliphatic heterocycles. The van der Waals surface area contributed by atoms with Crippen molar-refractivity contribution in [3.05, 3.63) is 59.4 Å². The number of aliphatic hydroxyl groups is 1. The monoisotopic (exact) mass is 317 g/mol. The molecule has 0 bridgehead atoms. The van der Waals surface area contributed by atoms with Crippen LogP contribution in [0.5, 0.6) is 5.75 Å². The lowest BCUT2D eigenvalue weighted by atomic mass is 10.1. The second-order valence-corrected chi connectivity index (χ2v) is 6.02. The molecule has 1 aromatic carbocycles. The molecule has 0 spiro atoms. The van der Waals surface area contributed by atoms with Crippen LogP contribution < -0.4 is 4.74 Å². The van der Waals surface area contributed by atoms with Crippen LogP contribution in [0.3, 0.4) is 0 Å². The molecule has 0 saturated carbocycles. The Morgan fingerprint density at radius 3 is 2.45 bits per heavy atom. The van der Waals surface area contributed by atoms with Crippen LogP contribution in [0.1, 0.15) is 23.7 Å². The molecule has 1 unspecified atom stereocenters. The molecular formula is C18H23NO2S. The first kappa shape index (κ1) is 16.8. The highest BCUT2D eigenvalue weighted by Crippen LogP contribution is 2.15. The maximum absolute atomic E-state index is 9.00. The summed E-state index contributed by atoms with van der Waals surface area (Å²) in [6.07, 6.45) is 4.50. The zero-order chi connectivity index (χ0) is 15.8. The third-order valence-corrected chi connectivity index (χ3v) is 3.87. The van der Waals surface area contributed by atoms with E-state index in [2.05, 4.69) is 36.7 Å². The summed E-state index contributed by atoms with van der Waals surface area (Å²) in [7, 11) is 0. The third-order valence-electron chi connectivity index (χ3n) is 3.53. The van der Waals surface area contributed by atoms with E-state index in [4.69, 9.17) is 9.84 Å². The average molecular weight is 317 g/mol. The van der Waals surface area contributed by atoms with E-state index in [9.17, 15) is 0 Å². The minimum atomic E-state index is -0.0102. The Labute approximate surface area is 137 Å². The molecule has 22 heavy (non-hydrogen) atoms. The molecule has 2 aromatic rings. The van der Waals surface area contributed by atoms with Crippen LogP contribution in [0.15, 0.2) is 42.6 Å². The lowest BCUT2D eigenvalue weighted by molar-refractivity contribution is 0.294. The van der Waals surface area contributed by atoms with Crippen LogP contribution in [0.25, 0.3) is 0 Å². The second-order valence-electron chi connectivity index (χ2n) is 5.29. The molecule has 3 nitrogen and oxygen atoms in total. The van der Waals surface area contributed by atoms with Crippen molar-refractivity contribution in [1.82, 2.24) is 4.98 Å². The van der Waals surface area contributed by atoms with E-state index in [0.717, 1.165) is 36.3 Å². The standard InChI is InChI=1S/C18H23NO2S/c1-2-14-3-6-16(19-12-14)9-10-21-17-7-4-15(5-8-17)11-18(22)13-20/h3-8,12,18,20,22H,2,9-11,13H2,1H3. The van der Waals surface area contributed by atoms with Gasteiger partial charge in [0.2, 0.25) is 0 Å². The van der Waals surface area contributed by atoms with E-state index in [1.807, 2.05) is 30.5 Å². The topological polar surface area (TPSA) is 42.4 Å². The van der Waals surface area contributed by atoms with Gasteiger partial charge in [-0.25, -0.2) is 0 Å². The van der Waals surface area contributed by atoms with E-state index in [0.29, 0.717) is 6.61 Å².